The number of ether oxygens (including phenoxy) is 1. The van der Waals surface area contributed by atoms with Gasteiger partial charge in [0.05, 0.1) is 0 Å². The maximum Gasteiger partial charge on any atom is 0.302 e. The summed E-state index contributed by atoms with van der Waals surface area (Å²) in [5.74, 6) is -0.265. The summed E-state index contributed by atoms with van der Waals surface area (Å²) in [7, 11) is 0. The average molecular weight is 409 g/mol. The molecular formula is C22H24O2Y-2. The summed E-state index contributed by atoms with van der Waals surface area (Å²) in [5.41, 5.74) is 3.37. The molecule has 0 aliphatic carbocycles. The first kappa shape index (κ1) is 23.5. The second kappa shape index (κ2) is 14.8. The molecule has 0 spiro atoms. The summed E-state index contributed by atoms with van der Waals surface area (Å²) in [4.78, 5) is 10.6. The third kappa shape index (κ3) is 11.6. The predicted molar refractivity (Wildman–Crippen MR) is 102 cm³/mol. The third-order valence-corrected chi connectivity index (χ3v) is 2.84. The molecule has 0 saturated heterocycles. The smallest absolute Gasteiger partial charge is 0.302 e. The molecule has 0 atom stereocenters. The van der Waals surface area contributed by atoms with Gasteiger partial charge in [0.1, 0.15) is 6.61 Å². The van der Waals surface area contributed by atoms with E-state index in [1.807, 2.05) is 68.8 Å². The number of hydrogen-bond donors (Lipinski definition) is 0. The van der Waals surface area contributed by atoms with Gasteiger partial charge in [0.2, 0.25) is 0 Å². The van der Waals surface area contributed by atoms with Crippen LogP contribution in [0, 0.1) is 12.5 Å². The molecule has 0 unspecified atom stereocenters. The quantitative estimate of drug-likeness (QED) is 0.372. The van der Waals surface area contributed by atoms with E-state index in [0.29, 0.717) is 6.61 Å². The predicted octanol–water partition coefficient (Wildman–Crippen LogP) is 5.46. The molecule has 2 nitrogen and oxygen atoms in total. The van der Waals surface area contributed by atoms with E-state index in [0.717, 1.165) is 16.7 Å². The minimum atomic E-state index is -0.265. The van der Waals surface area contributed by atoms with Crippen LogP contribution >= 0.6 is 0 Å². The van der Waals surface area contributed by atoms with Crippen LogP contribution in [-0.4, -0.2) is 12.6 Å². The van der Waals surface area contributed by atoms with Crippen LogP contribution in [0.3, 0.4) is 0 Å². The minimum absolute atomic E-state index is 0. The van der Waals surface area contributed by atoms with E-state index in [2.05, 4.69) is 30.4 Å². The number of carbonyl (C=O) groups excluding carboxylic acids is 1. The van der Waals surface area contributed by atoms with Gasteiger partial charge in [0, 0.05) is 39.6 Å². The molecule has 0 fully saturated rings. The fourth-order valence-corrected chi connectivity index (χ4v) is 1.77. The van der Waals surface area contributed by atoms with Crippen molar-refractivity contribution >= 4 is 24.2 Å². The number of esters is 1. The fraction of sp³-hybridized carbons (Fsp3) is 0.182. The monoisotopic (exact) mass is 409 g/mol. The van der Waals surface area contributed by atoms with E-state index in [4.69, 9.17) is 4.74 Å². The van der Waals surface area contributed by atoms with Crippen LogP contribution in [-0.2, 0) is 42.2 Å². The van der Waals surface area contributed by atoms with Crippen LogP contribution in [0.15, 0.2) is 54.6 Å². The van der Waals surface area contributed by atoms with Gasteiger partial charge >= 0.3 is 5.97 Å². The van der Waals surface area contributed by atoms with Crippen molar-refractivity contribution in [3.63, 3.8) is 0 Å². The Kier molecular flexibility index (Phi) is 13.9. The molecule has 0 saturated carbocycles. The van der Waals surface area contributed by atoms with Crippen molar-refractivity contribution in [1.82, 2.24) is 0 Å². The second-order valence-corrected chi connectivity index (χ2v) is 5.12. The average Bonchev–Trinajstić information content (AvgIpc) is 2.59. The molecule has 0 amide bonds. The molecular weight excluding hydrogens is 385 g/mol. The van der Waals surface area contributed by atoms with Crippen LogP contribution < -0.4 is 0 Å². The van der Waals surface area contributed by atoms with Crippen LogP contribution in [0.2, 0.25) is 0 Å². The zero-order chi connectivity index (χ0) is 17.6. The fourth-order valence-electron chi connectivity index (χ4n) is 1.77. The number of rotatable bonds is 5. The van der Waals surface area contributed by atoms with Gasteiger partial charge in [-0.1, -0.05) is 42.5 Å². The van der Waals surface area contributed by atoms with Crippen molar-refractivity contribution in [2.24, 2.45) is 0 Å². The Labute approximate surface area is 176 Å². The molecule has 0 aromatic heterocycles. The Balaban J connectivity index is 0.00000134. The topological polar surface area (TPSA) is 26.3 Å². The molecule has 2 aromatic carbocycles. The molecule has 1 radical (unpaired) electrons. The Bertz CT molecular complexity index is 643. The van der Waals surface area contributed by atoms with Crippen molar-refractivity contribution < 1.29 is 42.2 Å². The summed E-state index contributed by atoms with van der Waals surface area (Å²) in [6, 6.07) is 19.0. The maximum atomic E-state index is 10.6. The molecule has 0 aliphatic heterocycles. The van der Waals surface area contributed by atoms with E-state index in [1.54, 1.807) is 0 Å². The van der Waals surface area contributed by atoms with Crippen LogP contribution in [0.25, 0.3) is 18.2 Å². The summed E-state index contributed by atoms with van der Waals surface area (Å²) >= 11 is 0. The standard InChI is InChI=1S/C19H17O2.C3H7.Y/c1-16(20)21-15-5-8-18-10-13-19(14-11-18)12-9-17-6-3-2-4-7-17;1-3-2;/h3-14H,15H2,1H3;3H,1-2H3;/q2*-1;/b8-5+,12-9+;;. The SMILES string of the molecule is CC(=O)OC/C=C/c1ccc(/C=C/c2cc[c-]cc2)cc1.C[CH-]C.[Y]. The van der Waals surface area contributed by atoms with E-state index in [1.165, 1.54) is 6.92 Å². The second-order valence-electron chi connectivity index (χ2n) is 5.12. The molecule has 0 N–H and O–H groups in total. The van der Waals surface area contributed by atoms with Gasteiger partial charge in [0.25, 0.3) is 0 Å². The van der Waals surface area contributed by atoms with Gasteiger partial charge in [-0.2, -0.15) is 44.2 Å². The normalized spacial score (nSPS) is 10.0. The largest absolute Gasteiger partial charge is 0.462 e. The molecule has 129 valence electrons. The summed E-state index contributed by atoms with van der Waals surface area (Å²) in [6.07, 6.45) is 9.90. The first-order valence-corrected chi connectivity index (χ1v) is 7.94. The Morgan fingerprint density at radius 3 is 1.88 bits per heavy atom. The van der Waals surface area contributed by atoms with Crippen LogP contribution in [0.4, 0.5) is 0 Å². The zero-order valence-corrected chi connectivity index (χ0v) is 17.9. The van der Waals surface area contributed by atoms with E-state index in [-0.39, 0.29) is 38.7 Å². The van der Waals surface area contributed by atoms with Gasteiger partial charge in [-0.3, -0.25) is 4.79 Å². The molecule has 0 aliphatic rings. The van der Waals surface area contributed by atoms with Crippen molar-refractivity contribution in [2.75, 3.05) is 6.61 Å². The summed E-state index contributed by atoms with van der Waals surface area (Å²) in [5, 5.41) is 0. The number of carbonyl (C=O) groups is 1. The van der Waals surface area contributed by atoms with E-state index in [9.17, 15) is 4.79 Å². The molecule has 3 heteroatoms. The van der Waals surface area contributed by atoms with Crippen LogP contribution in [0.1, 0.15) is 37.5 Å². The van der Waals surface area contributed by atoms with Gasteiger partial charge in [0.15, 0.2) is 0 Å². The van der Waals surface area contributed by atoms with Crippen LogP contribution in [0.5, 0.6) is 0 Å². The Morgan fingerprint density at radius 1 is 0.960 bits per heavy atom. The molecule has 0 bridgehead atoms. The van der Waals surface area contributed by atoms with Gasteiger partial charge < -0.3 is 11.2 Å². The van der Waals surface area contributed by atoms with Gasteiger partial charge in [-0.15, -0.1) is 5.56 Å². The van der Waals surface area contributed by atoms with Gasteiger partial charge in [-0.25, -0.2) is 0 Å². The van der Waals surface area contributed by atoms with Crippen molar-refractivity contribution in [1.29, 1.82) is 0 Å². The Morgan fingerprint density at radius 2 is 1.40 bits per heavy atom. The van der Waals surface area contributed by atoms with Crippen molar-refractivity contribution in [3.05, 3.63) is 83.8 Å². The van der Waals surface area contributed by atoms with Crippen molar-refractivity contribution in [3.8, 4) is 0 Å². The summed E-state index contributed by atoms with van der Waals surface area (Å²) < 4.78 is 4.84. The van der Waals surface area contributed by atoms with E-state index < -0.39 is 0 Å². The van der Waals surface area contributed by atoms with E-state index >= 15 is 0 Å². The maximum absolute atomic E-state index is 10.6. The number of benzene rings is 2. The molecule has 0 heterocycles. The van der Waals surface area contributed by atoms with Gasteiger partial charge in [-0.05, 0) is 17.2 Å². The minimum Gasteiger partial charge on any atom is -0.462 e. The molecule has 2 rings (SSSR count). The molecule has 2 aromatic rings. The number of hydrogen-bond acceptors (Lipinski definition) is 2. The third-order valence-electron chi connectivity index (χ3n) is 2.84. The first-order chi connectivity index (χ1) is 11.7. The first-order valence-electron chi connectivity index (χ1n) is 7.94. The zero-order valence-electron chi connectivity index (χ0n) is 15.1. The van der Waals surface area contributed by atoms with Crippen molar-refractivity contribution in [2.45, 2.75) is 20.8 Å². The molecule has 25 heavy (non-hydrogen) atoms. The Hall–Kier alpha value is -1.51. The summed E-state index contributed by atoms with van der Waals surface area (Å²) in [6.45, 7) is 5.71.